The van der Waals surface area contributed by atoms with E-state index in [1.165, 1.54) is 53.5 Å². The van der Waals surface area contributed by atoms with Crippen LogP contribution in [0.15, 0.2) is 0 Å². The van der Waals surface area contributed by atoms with E-state index in [1.807, 2.05) is 85.5 Å². The number of carbonyl (C=O) groups excluding carboxylic acids is 5. The van der Waals surface area contributed by atoms with E-state index < -0.39 is 33.6 Å². The zero-order chi connectivity index (χ0) is 56.8. The third kappa shape index (κ3) is 19.1. The van der Waals surface area contributed by atoms with Gasteiger partial charge in [-0.3, -0.25) is 25.2 Å². The van der Waals surface area contributed by atoms with Crippen LogP contribution in [-0.4, -0.2) is 145 Å². The normalized spacial score (nSPS) is 21.4. The summed E-state index contributed by atoms with van der Waals surface area (Å²) in [6.07, 6.45) is 12.3. The highest BCUT2D eigenvalue weighted by Gasteiger charge is 2.43. The predicted octanol–water partition coefficient (Wildman–Crippen LogP) is 9.87. The summed E-state index contributed by atoms with van der Waals surface area (Å²) in [5.74, 6) is 0.361. The molecule has 2 aromatic rings. The lowest BCUT2D eigenvalue weighted by Gasteiger charge is -2.38. The fourth-order valence-electron chi connectivity index (χ4n) is 9.04. The van der Waals surface area contributed by atoms with Crippen LogP contribution in [0.5, 0.6) is 0 Å². The van der Waals surface area contributed by atoms with Crippen molar-refractivity contribution in [2.45, 2.75) is 219 Å². The molecule has 9 rings (SSSR count). The molecule has 0 bridgehead atoms. The summed E-state index contributed by atoms with van der Waals surface area (Å²) in [4.78, 5) is 75.9. The first-order chi connectivity index (χ1) is 35.8. The number of hydrazine groups is 1. The summed E-state index contributed by atoms with van der Waals surface area (Å²) in [5.41, 5.74) is 2.58. The van der Waals surface area contributed by atoms with Gasteiger partial charge in [0, 0.05) is 67.9 Å². The summed E-state index contributed by atoms with van der Waals surface area (Å²) >= 11 is 3.63. The van der Waals surface area contributed by atoms with E-state index in [2.05, 4.69) is 50.4 Å². The van der Waals surface area contributed by atoms with Gasteiger partial charge in [-0.1, -0.05) is 20.8 Å². The molecular weight excluding hydrogens is 1060 g/mol. The highest BCUT2D eigenvalue weighted by molar-refractivity contribution is 7.11. The molecule has 7 fully saturated rings. The van der Waals surface area contributed by atoms with Crippen molar-refractivity contribution in [2.24, 2.45) is 16.7 Å². The lowest BCUT2D eigenvalue weighted by molar-refractivity contribution is -0.150. The number of nitrogens with one attached hydrogen (secondary N) is 3. The molecule has 20 nitrogen and oxygen atoms in total. The van der Waals surface area contributed by atoms with Crippen LogP contribution < -0.4 is 16.2 Å². The maximum atomic E-state index is 12.3. The number of rotatable bonds is 7. The standard InChI is InChI=1S/C16H27N3O4.C16H25N3O2S.C12H21NO4.C11H17N3S.ClH/c1-15(2,3)23-14(22)19-9-7-16(4,8-10-19)13(21)18-17-12(20)11-5-6-11;1-15(2,3)21-14(20)19-9-7-16(4,8-10-19)13-18-17-12(22-13)11-5-6-11;1-11(2,3)17-10(16)13-7-5-12(4,6-8-13)9(14)15;1-11(4-6-12-7-5-11)10-14-13-9(15-10)8-2-3-8;/h11H,5-10H2,1-4H3,(H,17,20)(H,18,21);11H,5-10H2,1-4H3;5-8H2,1-4H3,(H,14,15);8,12H,2-7H2,1H3;1H. The molecule has 3 saturated carbocycles. The number of carbonyl (C=O) groups is 6. The van der Waals surface area contributed by atoms with Crippen LogP contribution in [0.3, 0.4) is 0 Å². The van der Waals surface area contributed by atoms with Crippen molar-refractivity contribution in [1.29, 1.82) is 0 Å². The molecule has 23 heteroatoms. The summed E-state index contributed by atoms with van der Waals surface area (Å²) in [5, 5.41) is 34.9. The van der Waals surface area contributed by atoms with Crippen molar-refractivity contribution in [2.75, 3.05) is 52.4 Å². The van der Waals surface area contributed by atoms with E-state index in [-0.39, 0.29) is 59.2 Å². The summed E-state index contributed by atoms with van der Waals surface area (Å²) in [7, 11) is 0. The molecule has 4 N–H and O–H groups in total. The summed E-state index contributed by atoms with van der Waals surface area (Å²) in [6.45, 7) is 30.3. The highest BCUT2D eigenvalue weighted by atomic mass is 35.5. The molecule has 0 spiro atoms. The zero-order valence-corrected chi connectivity index (χ0v) is 51.2. The zero-order valence-electron chi connectivity index (χ0n) is 48.8. The Hall–Kier alpha value is -4.41. The Bertz CT molecular complexity index is 2360. The molecule has 0 aromatic carbocycles. The first-order valence-corrected chi connectivity index (χ1v) is 29.6. The van der Waals surface area contributed by atoms with Crippen molar-refractivity contribution in [3.05, 3.63) is 20.0 Å². The van der Waals surface area contributed by atoms with E-state index in [1.54, 1.807) is 28.1 Å². The van der Waals surface area contributed by atoms with Crippen LogP contribution in [0, 0.1) is 16.7 Å². The highest BCUT2D eigenvalue weighted by Crippen LogP contribution is 2.46. The van der Waals surface area contributed by atoms with Crippen LogP contribution in [-0.2, 0) is 39.4 Å². The average Bonchev–Trinajstić information content (AvgIpc) is 4.29. The second kappa shape index (κ2) is 26.0. The van der Waals surface area contributed by atoms with Gasteiger partial charge >= 0.3 is 24.2 Å². The topological polar surface area (TPSA) is 248 Å². The van der Waals surface area contributed by atoms with Gasteiger partial charge in [-0.25, -0.2) is 14.4 Å². The van der Waals surface area contributed by atoms with Crippen molar-refractivity contribution < 1.29 is 48.1 Å². The van der Waals surface area contributed by atoms with Crippen LogP contribution in [0.2, 0.25) is 0 Å². The molecular formula is C55H91ClN10O10S2. The Morgan fingerprint density at radius 1 is 0.526 bits per heavy atom. The van der Waals surface area contributed by atoms with Crippen molar-refractivity contribution in [3.8, 4) is 0 Å². The number of aromatic nitrogens is 4. The maximum Gasteiger partial charge on any atom is 0.410 e. The second-order valence-electron chi connectivity index (χ2n) is 26.4. The number of hydrogen-bond donors (Lipinski definition) is 4. The first-order valence-electron chi connectivity index (χ1n) is 28.0. The number of carboxylic acids is 1. The van der Waals surface area contributed by atoms with E-state index >= 15 is 0 Å². The third-order valence-corrected chi connectivity index (χ3v) is 18.1. The van der Waals surface area contributed by atoms with Gasteiger partial charge in [-0.15, -0.1) is 55.5 Å². The molecule has 78 heavy (non-hydrogen) atoms. The third-order valence-electron chi connectivity index (χ3n) is 15.3. The number of aliphatic carboxylic acids is 1. The van der Waals surface area contributed by atoms with Gasteiger partial charge in [0.05, 0.1) is 10.8 Å². The number of halogens is 1. The molecule has 0 radical (unpaired) electrons. The van der Waals surface area contributed by atoms with Crippen LogP contribution >= 0.6 is 35.1 Å². The number of hydrogen-bond acceptors (Lipinski definition) is 16. The fraction of sp³-hybridized carbons (Fsp3) is 0.818. The van der Waals surface area contributed by atoms with Gasteiger partial charge in [-0.2, -0.15) is 0 Å². The van der Waals surface area contributed by atoms with E-state index in [4.69, 9.17) is 19.3 Å². The number of nitrogens with zero attached hydrogens (tertiary/aromatic N) is 7. The fourth-order valence-corrected chi connectivity index (χ4v) is 11.5. The minimum Gasteiger partial charge on any atom is -0.481 e. The van der Waals surface area contributed by atoms with Crippen molar-refractivity contribution in [1.82, 2.24) is 51.3 Å². The molecule has 2 aromatic heterocycles. The summed E-state index contributed by atoms with van der Waals surface area (Å²) in [6, 6.07) is 0. The quantitative estimate of drug-likeness (QED) is 0.149. The molecule has 3 aliphatic carbocycles. The lowest BCUT2D eigenvalue weighted by Crippen LogP contribution is -2.53. The molecule has 6 heterocycles. The Morgan fingerprint density at radius 3 is 1.21 bits per heavy atom. The smallest absolute Gasteiger partial charge is 0.410 e. The van der Waals surface area contributed by atoms with Gasteiger partial charge in [0.1, 0.15) is 36.8 Å². The summed E-state index contributed by atoms with van der Waals surface area (Å²) < 4.78 is 16.0. The number of piperidine rings is 4. The Balaban J connectivity index is 0.000000193. The monoisotopic (exact) mass is 1150 g/mol. The van der Waals surface area contributed by atoms with E-state index in [9.17, 15) is 28.8 Å². The number of likely N-dealkylation sites (tertiary alicyclic amines) is 3. The number of ether oxygens (including phenoxy) is 3. The van der Waals surface area contributed by atoms with Gasteiger partial charge < -0.3 is 39.3 Å². The SMILES string of the molecule is CC(C)(C)OC(=O)N1CCC(C)(C(=O)NNC(=O)C2CC2)CC1.CC(C)(C)OC(=O)N1CCC(C)(C(=O)O)CC1.CC(C)(C)OC(=O)N1CCC(C)(c2nnc(C3CC3)s2)CC1.CC1(c2nnc(C3CC3)s2)CCNCC1.Cl. The Labute approximate surface area is 476 Å². The molecule has 7 aliphatic rings. The molecule has 440 valence electrons. The van der Waals surface area contributed by atoms with Crippen LogP contribution in [0.4, 0.5) is 14.4 Å². The molecule has 0 unspecified atom stereocenters. The van der Waals surface area contributed by atoms with Crippen LogP contribution in [0.1, 0.15) is 212 Å². The molecule has 4 aliphatic heterocycles. The Kier molecular flexibility index (Phi) is 21.5. The van der Waals surface area contributed by atoms with Crippen molar-refractivity contribution in [3.63, 3.8) is 0 Å². The van der Waals surface area contributed by atoms with E-state index in [0.717, 1.165) is 62.8 Å². The van der Waals surface area contributed by atoms with Gasteiger partial charge in [0.2, 0.25) is 11.8 Å². The van der Waals surface area contributed by atoms with Crippen LogP contribution in [0.25, 0.3) is 0 Å². The van der Waals surface area contributed by atoms with Gasteiger partial charge in [0.15, 0.2) is 0 Å². The van der Waals surface area contributed by atoms with Gasteiger partial charge in [-0.05, 0) is 172 Å². The van der Waals surface area contributed by atoms with E-state index in [0.29, 0.717) is 57.8 Å². The number of carboxylic acid groups (broad SMARTS) is 1. The molecule has 4 saturated heterocycles. The Morgan fingerprint density at radius 2 is 0.872 bits per heavy atom. The predicted molar refractivity (Wildman–Crippen MR) is 302 cm³/mol. The maximum absolute atomic E-state index is 12.3. The molecule has 0 atom stereocenters. The van der Waals surface area contributed by atoms with Crippen molar-refractivity contribution >= 4 is 71.1 Å². The van der Waals surface area contributed by atoms with Gasteiger partial charge in [0.25, 0.3) is 0 Å². The first kappa shape index (κ1) is 64.4. The molecule has 5 amide bonds. The largest absolute Gasteiger partial charge is 0.481 e. The minimum atomic E-state index is -0.790. The lowest BCUT2D eigenvalue weighted by atomic mass is 9.80. The second-order valence-corrected chi connectivity index (χ2v) is 28.4. The minimum absolute atomic E-state index is 0. The average molecular weight is 1150 g/mol. The number of amides is 5.